The van der Waals surface area contributed by atoms with E-state index in [9.17, 15) is 4.79 Å². The van der Waals surface area contributed by atoms with Crippen LogP contribution in [0.5, 0.6) is 17.2 Å². The zero-order chi connectivity index (χ0) is 21.4. The van der Waals surface area contributed by atoms with Crippen molar-refractivity contribution in [3.8, 4) is 17.2 Å². The number of rotatable bonds is 10. The van der Waals surface area contributed by atoms with Crippen molar-refractivity contribution >= 4 is 5.91 Å². The Morgan fingerprint density at radius 2 is 1.66 bits per heavy atom. The lowest BCUT2D eigenvalue weighted by Gasteiger charge is -2.22. The van der Waals surface area contributed by atoms with Gasteiger partial charge >= 0.3 is 0 Å². The average molecular weight is 400 g/mol. The minimum absolute atomic E-state index is 0.132. The maximum Gasteiger partial charge on any atom is 0.261 e. The molecule has 0 unspecified atom stereocenters. The fourth-order valence-electron chi connectivity index (χ4n) is 3.05. The monoisotopic (exact) mass is 399 g/mol. The van der Waals surface area contributed by atoms with Crippen LogP contribution in [0.25, 0.3) is 0 Å². The lowest BCUT2D eigenvalue weighted by Crippen LogP contribution is -2.39. The van der Waals surface area contributed by atoms with Crippen LogP contribution in [0.15, 0.2) is 36.4 Å². The molecule has 5 nitrogen and oxygen atoms in total. The van der Waals surface area contributed by atoms with E-state index in [0.29, 0.717) is 31.1 Å². The SMILES string of the molecule is CCOc1ccc([C@H](C)NC(=O)[C@@H](CC)Oc2cccc(C)c2C)cc1OCC. The lowest BCUT2D eigenvalue weighted by molar-refractivity contribution is -0.128. The van der Waals surface area contributed by atoms with Gasteiger partial charge in [0, 0.05) is 0 Å². The van der Waals surface area contributed by atoms with Crippen LogP contribution in [0.2, 0.25) is 0 Å². The van der Waals surface area contributed by atoms with Crippen molar-refractivity contribution in [2.75, 3.05) is 13.2 Å². The van der Waals surface area contributed by atoms with Gasteiger partial charge in [0.05, 0.1) is 19.3 Å². The van der Waals surface area contributed by atoms with E-state index in [-0.39, 0.29) is 11.9 Å². The van der Waals surface area contributed by atoms with E-state index >= 15 is 0 Å². The molecule has 0 fully saturated rings. The van der Waals surface area contributed by atoms with Crippen LogP contribution in [0.4, 0.5) is 0 Å². The molecule has 0 saturated heterocycles. The summed E-state index contributed by atoms with van der Waals surface area (Å²) in [6, 6.07) is 11.5. The second-order valence-corrected chi connectivity index (χ2v) is 7.02. The Balaban J connectivity index is 2.11. The summed E-state index contributed by atoms with van der Waals surface area (Å²) in [5, 5.41) is 3.06. The van der Waals surface area contributed by atoms with Gasteiger partial charge in [0.1, 0.15) is 5.75 Å². The number of hydrogen-bond acceptors (Lipinski definition) is 4. The van der Waals surface area contributed by atoms with E-state index in [1.807, 2.05) is 77.9 Å². The van der Waals surface area contributed by atoms with Crippen LogP contribution in [0.1, 0.15) is 56.8 Å². The van der Waals surface area contributed by atoms with Gasteiger partial charge in [-0.15, -0.1) is 0 Å². The predicted molar refractivity (Wildman–Crippen MR) is 116 cm³/mol. The molecule has 158 valence electrons. The van der Waals surface area contributed by atoms with Gasteiger partial charge in [-0.2, -0.15) is 0 Å². The minimum Gasteiger partial charge on any atom is -0.490 e. The second kappa shape index (κ2) is 10.7. The van der Waals surface area contributed by atoms with Crippen LogP contribution in [-0.4, -0.2) is 25.2 Å². The van der Waals surface area contributed by atoms with Gasteiger partial charge in [-0.05, 0) is 75.9 Å². The van der Waals surface area contributed by atoms with Gasteiger partial charge in [0.15, 0.2) is 17.6 Å². The van der Waals surface area contributed by atoms with E-state index in [1.54, 1.807) is 0 Å². The van der Waals surface area contributed by atoms with Crippen molar-refractivity contribution in [2.45, 2.75) is 60.1 Å². The molecule has 2 aromatic rings. The molecule has 0 aromatic heterocycles. The van der Waals surface area contributed by atoms with E-state index in [4.69, 9.17) is 14.2 Å². The normalized spacial score (nSPS) is 12.8. The molecule has 0 heterocycles. The molecule has 2 aromatic carbocycles. The summed E-state index contributed by atoms with van der Waals surface area (Å²) >= 11 is 0. The maximum atomic E-state index is 12.8. The summed E-state index contributed by atoms with van der Waals surface area (Å²) in [6.45, 7) is 12.9. The molecule has 0 aliphatic carbocycles. The fourth-order valence-corrected chi connectivity index (χ4v) is 3.05. The molecule has 0 bridgehead atoms. The third-order valence-electron chi connectivity index (χ3n) is 4.91. The lowest BCUT2D eigenvalue weighted by atomic mass is 10.1. The molecule has 0 saturated carbocycles. The van der Waals surface area contributed by atoms with Gasteiger partial charge in [0.25, 0.3) is 5.91 Å². The van der Waals surface area contributed by atoms with E-state index in [1.165, 1.54) is 0 Å². The van der Waals surface area contributed by atoms with Gasteiger partial charge in [-0.1, -0.05) is 25.1 Å². The first-order valence-corrected chi connectivity index (χ1v) is 10.3. The van der Waals surface area contributed by atoms with Crippen LogP contribution >= 0.6 is 0 Å². The molecule has 2 atom stereocenters. The Morgan fingerprint density at radius 3 is 2.31 bits per heavy atom. The highest BCUT2D eigenvalue weighted by Crippen LogP contribution is 2.31. The zero-order valence-corrected chi connectivity index (χ0v) is 18.4. The fraction of sp³-hybridized carbons (Fsp3) is 0.458. The summed E-state index contributed by atoms with van der Waals surface area (Å²) in [5.74, 6) is 2.01. The quantitative estimate of drug-likeness (QED) is 0.601. The summed E-state index contributed by atoms with van der Waals surface area (Å²) in [7, 11) is 0. The van der Waals surface area contributed by atoms with Crippen molar-refractivity contribution in [2.24, 2.45) is 0 Å². The van der Waals surface area contributed by atoms with Crippen molar-refractivity contribution in [3.63, 3.8) is 0 Å². The van der Waals surface area contributed by atoms with Gasteiger partial charge in [-0.3, -0.25) is 4.79 Å². The molecule has 1 N–H and O–H groups in total. The zero-order valence-electron chi connectivity index (χ0n) is 18.4. The van der Waals surface area contributed by atoms with Crippen molar-refractivity contribution in [3.05, 3.63) is 53.1 Å². The highest BCUT2D eigenvalue weighted by molar-refractivity contribution is 5.81. The standard InChI is InChI=1S/C24H33NO4/c1-7-20(29-21-12-10-11-16(4)17(21)5)24(26)25-18(6)19-13-14-22(27-8-2)23(15-19)28-9-3/h10-15,18,20H,7-9H2,1-6H3,(H,25,26)/t18-,20+/m0/s1. The topological polar surface area (TPSA) is 56.8 Å². The molecule has 1 amide bonds. The molecule has 5 heteroatoms. The summed E-state index contributed by atoms with van der Waals surface area (Å²) in [5.41, 5.74) is 3.15. The van der Waals surface area contributed by atoms with Gasteiger partial charge in [0.2, 0.25) is 0 Å². The van der Waals surface area contributed by atoms with E-state index < -0.39 is 6.10 Å². The number of carbonyl (C=O) groups is 1. The third-order valence-corrected chi connectivity index (χ3v) is 4.91. The Bertz CT molecular complexity index is 819. The highest BCUT2D eigenvalue weighted by atomic mass is 16.5. The van der Waals surface area contributed by atoms with Crippen LogP contribution < -0.4 is 19.5 Å². The maximum absolute atomic E-state index is 12.8. The van der Waals surface area contributed by atoms with E-state index in [2.05, 4.69) is 5.32 Å². The van der Waals surface area contributed by atoms with Gasteiger partial charge < -0.3 is 19.5 Å². The number of hydrogen-bond donors (Lipinski definition) is 1. The first kappa shape index (κ1) is 22.6. The first-order valence-electron chi connectivity index (χ1n) is 10.3. The summed E-state index contributed by atoms with van der Waals surface area (Å²) in [4.78, 5) is 12.8. The molecule has 0 spiro atoms. The molecular weight excluding hydrogens is 366 g/mol. The second-order valence-electron chi connectivity index (χ2n) is 7.02. The molecule has 0 aliphatic rings. The molecule has 0 aliphatic heterocycles. The Hall–Kier alpha value is -2.69. The number of aryl methyl sites for hydroxylation is 1. The first-order chi connectivity index (χ1) is 13.9. The predicted octanol–water partition coefficient (Wildman–Crippen LogP) is 5.14. The Labute approximate surface area is 174 Å². The van der Waals surface area contributed by atoms with Crippen LogP contribution in [-0.2, 0) is 4.79 Å². The highest BCUT2D eigenvalue weighted by Gasteiger charge is 2.22. The van der Waals surface area contributed by atoms with Crippen molar-refractivity contribution in [1.82, 2.24) is 5.32 Å². The Kier molecular flexibility index (Phi) is 8.37. The molecule has 0 radical (unpaired) electrons. The number of ether oxygens (including phenoxy) is 3. The molecular formula is C24H33NO4. The number of carbonyl (C=O) groups excluding carboxylic acids is 1. The van der Waals surface area contributed by atoms with Crippen molar-refractivity contribution in [1.29, 1.82) is 0 Å². The summed E-state index contributed by atoms with van der Waals surface area (Å²) in [6.07, 6.45) is 0.0337. The van der Waals surface area contributed by atoms with Crippen LogP contribution in [0, 0.1) is 13.8 Å². The number of amides is 1. The van der Waals surface area contributed by atoms with Crippen LogP contribution in [0.3, 0.4) is 0 Å². The molecule has 29 heavy (non-hydrogen) atoms. The molecule has 2 rings (SSSR count). The smallest absolute Gasteiger partial charge is 0.261 e. The minimum atomic E-state index is -0.549. The summed E-state index contributed by atoms with van der Waals surface area (Å²) < 4.78 is 17.3. The number of benzene rings is 2. The number of nitrogens with one attached hydrogen (secondary N) is 1. The van der Waals surface area contributed by atoms with E-state index in [0.717, 1.165) is 22.4 Å². The van der Waals surface area contributed by atoms with Gasteiger partial charge in [-0.25, -0.2) is 0 Å². The Morgan fingerprint density at radius 1 is 0.966 bits per heavy atom. The largest absolute Gasteiger partial charge is 0.490 e. The third kappa shape index (κ3) is 5.89. The average Bonchev–Trinajstić information content (AvgIpc) is 2.70. The van der Waals surface area contributed by atoms with Crippen molar-refractivity contribution < 1.29 is 19.0 Å².